The molecule has 0 aliphatic carbocycles. The van der Waals surface area contributed by atoms with Crippen LogP contribution < -0.4 is 5.32 Å². The van der Waals surface area contributed by atoms with Crippen LogP contribution in [0.2, 0.25) is 5.02 Å². The van der Waals surface area contributed by atoms with E-state index in [1.807, 2.05) is 4.90 Å². The first kappa shape index (κ1) is 16.0. The molecule has 116 valence electrons. The highest BCUT2D eigenvalue weighted by Crippen LogP contribution is 2.21. The van der Waals surface area contributed by atoms with Gasteiger partial charge >= 0.3 is 0 Å². The summed E-state index contributed by atoms with van der Waals surface area (Å²) >= 11 is 6.15. The molecule has 1 unspecified atom stereocenters. The lowest BCUT2D eigenvalue weighted by Gasteiger charge is -2.32. The van der Waals surface area contributed by atoms with Crippen LogP contribution in [0.3, 0.4) is 0 Å². The van der Waals surface area contributed by atoms with E-state index in [9.17, 15) is 4.79 Å². The molecule has 21 heavy (non-hydrogen) atoms. The van der Waals surface area contributed by atoms with E-state index in [1.54, 1.807) is 6.07 Å². The molecule has 1 aliphatic heterocycles. The molecule has 0 saturated carbocycles. The van der Waals surface area contributed by atoms with Crippen LogP contribution in [0.1, 0.15) is 37.0 Å². The maximum atomic E-state index is 12.6. The predicted molar refractivity (Wildman–Crippen MR) is 84.0 cm³/mol. The van der Waals surface area contributed by atoms with E-state index < -0.39 is 0 Å². The fraction of sp³-hybridized carbons (Fsp3) is 0.600. The Balaban J connectivity index is 2.13. The Morgan fingerprint density at radius 3 is 3.10 bits per heavy atom. The summed E-state index contributed by atoms with van der Waals surface area (Å²) in [4.78, 5) is 18.6. The molecule has 1 fully saturated rings. The average molecular weight is 312 g/mol. The number of anilines is 1. The van der Waals surface area contributed by atoms with Gasteiger partial charge in [-0.3, -0.25) is 4.79 Å². The monoisotopic (exact) mass is 311 g/mol. The van der Waals surface area contributed by atoms with E-state index in [-0.39, 0.29) is 12.0 Å². The van der Waals surface area contributed by atoms with Crippen molar-refractivity contribution in [1.82, 2.24) is 9.88 Å². The maximum Gasteiger partial charge on any atom is 0.255 e. The van der Waals surface area contributed by atoms with Crippen LogP contribution in [0.5, 0.6) is 0 Å². The normalized spacial score (nSPS) is 18.6. The van der Waals surface area contributed by atoms with Gasteiger partial charge in [0.15, 0.2) is 0 Å². The summed E-state index contributed by atoms with van der Waals surface area (Å²) in [5.41, 5.74) is 0.502. The van der Waals surface area contributed by atoms with Crippen LogP contribution in [0.4, 0.5) is 5.82 Å². The second kappa shape index (κ2) is 7.61. The molecular formula is C15H22ClN3O2. The standard InChI is InChI=1S/C15H22ClN3O2/c1-3-5-17-14-8-12(13(16)9-18-14)15(20)19-6-7-21-11(4-2)10-19/h8-9,11H,3-7,10H2,1-2H3,(H,17,18). The van der Waals surface area contributed by atoms with Crippen LogP contribution in [-0.4, -0.2) is 48.1 Å². The third kappa shape index (κ3) is 4.08. The second-order valence-corrected chi connectivity index (χ2v) is 5.54. The van der Waals surface area contributed by atoms with Gasteiger partial charge < -0.3 is 15.0 Å². The summed E-state index contributed by atoms with van der Waals surface area (Å²) in [6.07, 6.45) is 3.54. The minimum Gasteiger partial charge on any atom is -0.375 e. The number of ether oxygens (including phenoxy) is 1. The topological polar surface area (TPSA) is 54.5 Å². The molecule has 1 atom stereocenters. The Kier molecular flexibility index (Phi) is 5.82. The first-order valence-electron chi connectivity index (χ1n) is 7.46. The van der Waals surface area contributed by atoms with Gasteiger partial charge in [-0.1, -0.05) is 25.4 Å². The van der Waals surface area contributed by atoms with E-state index in [0.29, 0.717) is 36.1 Å². The fourth-order valence-electron chi connectivity index (χ4n) is 2.27. The van der Waals surface area contributed by atoms with Crippen molar-refractivity contribution >= 4 is 23.3 Å². The van der Waals surface area contributed by atoms with E-state index in [0.717, 1.165) is 19.4 Å². The van der Waals surface area contributed by atoms with Crippen molar-refractivity contribution in [1.29, 1.82) is 0 Å². The van der Waals surface area contributed by atoms with Gasteiger partial charge in [0, 0.05) is 25.8 Å². The van der Waals surface area contributed by atoms with Gasteiger partial charge in [-0.25, -0.2) is 4.98 Å². The number of amides is 1. The molecule has 5 nitrogen and oxygen atoms in total. The summed E-state index contributed by atoms with van der Waals surface area (Å²) in [6.45, 7) is 6.75. The molecule has 1 saturated heterocycles. The Hall–Kier alpha value is -1.33. The zero-order valence-electron chi connectivity index (χ0n) is 12.6. The van der Waals surface area contributed by atoms with Gasteiger partial charge in [-0.05, 0) is 18.9 Å². The van der Waals surface area contributed by atoms with Crippen molar-refractivity contribution in [3.63, 3.8) is 0 Å². The van der Waals surface area contributed by atoms with Gasteiger partial charge in [0.25, 0.3) is 5.91 Å². The van der Waals surface area contributed by atoms with Gasteiger partial charge in [0.1, 0.15) is 5.82 Å². The number of halogens is 1. The number of nitrogens with one attached hydrogen (secondary N) is 1. The molecule has 2 rings (SSSR count). The molecule has 1 aromatic rings. The predicted octanol–water partition coefficient (Wildman–Crippen LogP) is 2.81. The van der Waals surface area contributed by atoms with Gasteiger partial charge in [-0.15, -0.1) is 0 Å². The molecule has 6 heteroatoms. The summed E-state index contributed by atoms with van der Waals surface area (Å²) in [6, 6.07) is 1.73. The Labute approximate surface area is 130 Å². The maximum absolute atomic E-state index is 12.6. The minimum atomic E-state index is -0.0521. The lowest BCUT2D eigenvalue weighted by molar-refractivity contribution is -0.0226. The van der Waals surface area contributed by atoms with Crippen molar-refractivity contribution in [2.75, 3.05) is 31.6 Å². The lowest BCUT2D eigenvalue weighted by atomic mass is 10.1. The SMILES string of the molecule is CCCNc1cc(C(=O)N2CCOC(CC)C2)c(Cl)cn1. The quantitative estimate of drug-likeness (QED) is 0.908. The summed E-state index contributed by atoms with van der Waals surface area (Å²) < 4.78 is 5.60. The number of carbonyl (C=O) groups is 1. The second-order valence-electron chi connectivity index (χ2n) is 5.13. The van der Waals surface area contributed by atoms with Gasteiger partial charge in [0.05, 0.1) is 23.3 Å². The van der Waals surface area contributed by atoms with Crippen LogP contribution >= 0.6 is 11.6 Å². The molecule has 1 amide bonds. The molecule has 1 aliphatic rings. The Morgan fingerprint density at radius 1 is 1.57 bits per heavy atom. The number of carbonyl (C=O) groups excluding carboxylic acids is 1. The van der Waals surface area contributed by atoms with Crippen molar-refractivity contribution < 1.29 is 9.53 Å². The first-order chi connectivity index (χ1) is 10.2. The van der Waals surface area contributed by atoms with Crippen molar-refractivity contribution in [2.45, 2.75) is 32.8 Å². The molecule has 1 aromatic heterocycles. The number of pyridine rings is 1. The molecule has 1 N–H and O–H groups in total. The number of rotatable bonds is 5. The highest BCUT2D eigenvalue weighted by Gasteiger charge is 2.25. The molecular weight excluding hydrogens is 290 g/mol. The number of morpholine rings is 1. The Morgan fingerprint density at radius 2 is 2.38 bits per heavy atom. The minimum absolute atomic E-state index is 0.0521. The number of hydrogen-bond acceptors (Lipinski definition) is 4. The highest BCUT2D eigenvalue weighted by molar-refractivity contribution is 6.33. The highest BCUT2D eigenvalue weighted by atomic mass is 35.5. The van der Waals surface area contributed by atoms with Crippen LogP contribution in [-0.2, 0) is 4.74 Å². The zero-order valence-corrected chi connectivity index (χ0v) is 13.3. The molecule has 0 bridgehead atoms. The van der Waals surface area contributed by atoms with Gasteiger partial charge in [0.2, 0.25) is 0 Å². The average Bonchev–Trinajstić information content (AvgIpc) is 2.53. The number of nitrogens with zero attached hydrogens (tertiary/aromatic N) is 2. The largest absolute Gasteiger partial charge is 0.375 e. The molecule has 0 radical (unpaired) electrons. The number of aromatic nitrogens is 1. The zero-order chi connectivity index (χ0) is 15.2. The van der Waals surface area contributed by atoms with Gasteiger partial charge in [-0.2, -0.15) is 0 Å². The first-order valence-corrected chi connectivity index (χ1v) is 7.83. The fourth-order valence-corrected chi connectivity index (χ4v) is 2.46. The summed E-state index contributed by atoms with van der Waals surface area (Å²) in [5, 5.41) is 3.56. The van der Waals surface area contributed by atoms with Crippen LogP contribution in [0.15, 0.2) is 12.3 Å². The summed E-state index contributed by atoms with van der Waals surface area (Å²) in [5.74, 6) is 0.633. The van der Waals surface area contributed by atoms with E-state index in [4.69, 9.17) is 16.3 Å². The Bertz CT molecular complexity index is 496. The smallest absolute Gasteiger partial charge is 0.255 e. The van der Waals surface area contributed by atoms with Crippen molar-refractivity contribution in [2.24, 2.45) is 0 Å². The van der Waals surface area contributed by atoms with Crippen molar-refractivity contribution in [3.8, 4) is 0 Å². The lowest BCUT2D eigenvalue weighted by Crippen LogP contribution is -2.45. The van der Waals surface area contributed by atoms with E-state index in [1.165, 1.54) is 6.20 Å². The van der Waals surface area contributed by atoms with E-state index in [2.05, 4.69) is 24.1 Å². The molecule has 0 aromatic carbocycles. The summed E-state index contributed by atoms with van der Waals surface area (Å²) in [7, 11) is 0. The third-order valence-corrected chi connectivity index (χ3v) is 3.82. The third-order valence-electron chi connectivity index (χ3n) is 3.52. The number of hydrogen-bond donors (Lipinski definition) is 1. The molecule has 2 heterocycles. The van der Waals surface area contributed by atoms with Crippen LogP contribution in [0, 0.1) is 0 Å². The molecule has 0 spiro atoms. The van der Waals surface area contributed by atoms with Crippen molar-refractivity contribution in [3.05, 3.63) is 22.8 Å². The van der Waals surface area contributed by atoms with E-state index >= 15 is 0 Å². The van der Waals surface area contributed by atoms with Crippen LogP contribution in [0.25, 0.3) is 0 Å².